The Hall–Kier alpha value is -2.16. The first kappa shape index (κ1) is 18.6. The van der Waals surface area contributed by atoms with Crippen LogP contribution in [0.25, 0.3) is 5.65 Å². The summed E-state index contributed by atoms with van der Waals surface area (Å²) >= 11 is 0. The fourth-order valence-electron chi connectivity index (χ4n) is 3.32. The van der Waals surface area contributed by atoms with Gasteiger partial charge in [0.15, 0.2) is 5.65 Å². The predicted octanol–water partition coefficient (Wildman–Crippen LogP) is 1.74. The molecule has 0 unspecified atom stereocenters. The number of hydrogen-bond acceptors (Lipinski definition) is 5. The van der Waals surface area contributed by atoms with Crippen LogP contribution in [0.15, 0.2) is 57.2 Å². The third-order valence-corrected chi connectivity index (χ3v) is 6.37. The fourth-order valence-corrected chi connectivity index (χ4v) is 4.67. The number of aromatic nitrogens is 3. The van der Waals surface area contributed by atoms with Crippen LogP contribution in [0.4, 0.5) is 0 Å². The quantitative estimate of drug-likeness (QED) is 0.705. The molecule has 0 radical (unpaired) electrons. The van der Waals surface area contributed by atoms with Crippen molar-refractivity contribution in [1.82, 2.24) is 19.9 Å². The molecule has 1 aliphatic heterocycles. The van der Waals surface area contributed by atoms with Crippen LogP contribution in [0.2, 0.25) is 0 Å². The molecule has 26 heavy (non-hydrogen) atoms. The Bertz CT molecular complexity index is 1070. The van der Waals surface area contributed by atoms with Gasteiger partial charge in [-0.1, -0.05) is 18.2 Å². The lowest BCUT2D eigenvalue weighted by molar-refractivity contribution is 0.446. The van der Waals surface area contributed by atoms with Crippen molar-refractivity contribution in [1.29, 1.82) is 0 Å². The van der Waals surface area contributed by atoms with Gasteiger partial charge in [0.05, 0.1) is 16.8 Å². The Morgan fingerprint density at radius 2 is 1.81 bits per heavy atom. The number of halogens is 1. The summed E-state index contributed by atoms with van der Waals surface area (Å²) in [5.74, 6) is 0.179. The SMILES string of the molecule is Cl.O=c1cc(C2CCNCC2)n2ncc(S(=O)(=O)c3ccccc3)c2[nH]1. The Labute approximate surface area is 156 Å². The van der Waals surface area contributed by atoms with Crippen molar-refractivity contribution in [2.24, 2.45) is 0 Å². The van der Waals surface area contributed by atoms with E-state index >= 15 is 0 Å². The van der Waals surface area contributed by atoms with E-state index in [9.17, 15) is 13.2 Å². The van der Waals surface area contributed by atoms with Crippen LogP contribution in [0, 0.1) is 0 Å². The molecular weight excluding hydrogens is 376 g/mol. The molecule has 0 atom stereocenters. The average molecular weight is 395 g/mol. The lowest BCUT2D eigenvalue weighted by Gasteiger charge is -2.23. The van der Waals surface area contributed by atoms with Crippen molar-refractivity contribution in [2.75, 3.05) is 13.1 Å². The van der Waals surface area contributed by atoms with Crippen LogP contribution >= 0.6 is 12.4 Å². The molecule has 1 fully saturated rings. The molecule has 1 aromatic carbocycles. The molecule has 2 aromatic heterocycles. The fraction of sp³-hybridized carbons (Fsp3) is 0.294. The van der Waals surface area contributed by atoms with Crippen molar-refractivity contribution in [3.63, 3.8) is 0 Å². The van der Waals surface area contributed by atoms with Gasteiger partial charge in [-0.25, -0.2) is 12.9 Å². The number of hydrogen-bond donors (Lipinski definition) is 2. The first-order valence-electron chi connectivity index (χ1n) is 8.19. The number of nitrogens with one attached hydrogen (secondary N) is 2. The zero-order chi connectivity index (χ0) is 17.4. The smallest absolute Gasteiger partial charge is 0.251 e. The molecule has 0 aliphatic carbocycles. The van der Waals surface area contributed by atoms with Crippen LogP contribution < -0.4 is 10.9 Å². The molecule has 0 amide bonds. The van der Waals surface area contributed by atoms with E-state index in [2.05, 4.69) is 15.4 Å². The van der Waals surface area contributed by atoms with E-state index in [-0.39, 0.29) is 39.3 Å². The number of rotatable bonds is 3. The Kier molecular flexibility index (Phi) is 5.17. The third kappa shape index (κ3) is 3.15. The van der Waals surface area contributed by atoms with Gasteiger partial charge in [-0.05, 0) is 38.1 Å². The molecule has 0 saturated carbocycles. The first-order valence-corrected chi connectivity index (χ1v) is 9.67. The lowest BCUT2D eigenvalue weighted by Crippen LogP contribution is -2.28. The minimum Gasteiger partial charge on any atom is -0.317 e. The Morgan fingerprint density at radius 3 is 2.50 bits per heavy atom. The summed E-state index contributed by atoms with van der Waals surface area (Å²) in [5.41, 5.74) is 0.672. The van der Waals surface area contributed by atoms with Crippen LogP contribution in [0.1, 0.15) is 24.5 Å². The van der Waals surface area contributed by atoms with Gasteiger partial charge in [0.25, 0.3) is 5.56 Å². The highest BCUT2D eigenvalue weighted by Crippen LogP contribution is 2.28. The number of benzene rings is 1. The van der Waals surface area contributed by atoms with Crippen molar-refractivity contribution >= 4 is 27.9 Å². The summed E-state index contributed by atoms with van der Waals surface area (Å²) in [6, 6.07) is 9.69. The number of H-pyrrole nitrogens is 1. The topological polar surface area (TPSA) is 96.3 Å². The summed E-state index contributed by atoms with van der Waals surface area (Å²) in [6.45, 7) is 1.74. The summed E-state index contributed by atoms with van der Waals surface area (Å²) < 4.78 is 27.4. The second-order valence-electron chi connectivity index (χ2n) is 6.17. The second kappa shape index (κ2) is 7.22. The zero-order valence-electron chi connectivity index (χ0n) is 13.9. The Balaban J connectivity index is 0.00000196. The van der Waals surface area contributed by atoms with E-state index < -0.39 is 9.84 Å². The molecule has 1 aliphatic rings. The van der Waals surface area contributed by atoms with Gasteiger partial charge >= 0.3 is 0 Å². The first-order chi connectivity index (χ1) is 12.1. The van der Waals surface area contributed by atoms with Crippen molar-refractivity contribution in [2.45, 2.75) is 28.6 Å². The van der Waals surface area contributed by atoms with Gasteiger partial charge in [0, 0.05) is 12.0 Å². The number of sulfone groups is 1. The van der Waals surface area contributed by atoms with Crippen molar-refractivity contribution in [3.05, 3.63) is 58.6 Å². The molecule has 3 heterocycles. The highest BCUT2D eigenvalue weighted by molar-refractivity contribution is 7.91. The van der Waals surface area contributed by atoms with E-state index in [4.69, 9.17) is 0 Å². The molecular formula is C17H19ClN4O3S. The molecule has 3 aromatic rings. The van der Waals surface area contributed by atoms with Crippen molar-refractivity contribution in [3.8, 4) is 0 Å². The molecule has 9 heteroatoms. The largest absolute Gasteiger partial charge is 0.317 e. The summed E-state index contributed by atoms with van der Waals surface area (Å²) in [6.07, 6.45) is 3.09. The highest BCUT2D eigenvalue weighted by Gasteiger charge is 2.26. The monoisotopic (exact) mass is 394 g/mol. The van der Waals surface area contributed by atoms with Crippen molar-refractivity contribution < 1.29 is 8.42 Å². The van der Waals surface area contributed by atoms with E-state index in [1.807, 2.05) is 0 Å². The molecule has 0 bridgehead atoms. The average Bonchev–Trinajstić information content (AvgIpc) is 3.07. The molecule has 138 valence electrons. The van der Waals surface area contributed by atoms with Gasteiger partial charge in [-0.3, -0.25) is 4.79 Å². The number of fused-ring (bicyclic) bond motifs is 1. The summed E-state index contributed by atoms with van der Waals surface area (Å²) in [7, 11) is -3.75. The molecule has 7 nitrogen and oxygen atoms in total. The van der Waals surface area contributed by atoms with E-state index in [0.29, 0.717) is 0 Å². The molecule has 0 spiro atoms. The lowest BCUT2D eigenvalue weighted by atomic mass is 9.94. The van der Waals surface area contributed by atoms with Gasteiger partial charge < -0.3 is 10.3 Å². The molecule has 4 rings (SSSR count). The highest BCUT2D eigenvalue weighted by atomic mass is 35.5. The van der Waals surface area contributed by atoms with Crippen LogP contribution in [0.5, 0.6) is 0 Å². The third-order valence-electron chi connectivity index (χ3n) is 4.60. The van der Waals surface area contributed by atoms with E-state index in [0.717, 1.165) is 31.6 Å². The van der Waals surface area contributed by atoms with Gasteiger partial charge in [0.2, 0.25) is 9.84 Å². The molecule has 2 N–H and O–H groups in total. The number of piperidine rings is 1. The Morgan fingerprint density at radius 1 is 1.12 bits per heavy atom. The standard InChI is InChI=1S/C17H18N4O3S.ClH/c22-16-10-14(12-6-8-18-9-7-12)21-17(20-16)15(11-19-21)25(23,24)13-4-2-1-3-5-13;/h1-5,10-12,18H,6-9H2,(H,20,22);1H. The number of aromatic amines is 1. The zero-order valence-corrected chi connectivity index (χ0v) is 15.5. The normalized spacial score (nSPS) is 15.7. The second-order valence-corrected chi connectivity index (χ2v) is 8.09. The minimum absolute atomic E-state index is 0. The summed E-state index contributed by atoms with van der Waals surface area (Å²) in [5, 5.41) is 7.56. The van der Waals surface area contributed by atoms with Gasteiger partial charge in [-0.15, -0.1) is 12.4 Å². The van der Waals surface area contributed by atoms with Gasteiger partial charge in [-0.2, -0.15) is 5.10 Å². The van der Waals surface area contributed by atoms with Gasteiger partial charge in [0.1, 0.15) is 4.90 Å². The predicted molar refractivity (Wildman–Crippen MR) is 99.8 cm³/mol. The van der Waals surface area contributed by atoms with Crippen LogP contribution in [0.3, 0.4) is 0 Å². The molecule has 1 saturated heterocycles. The summed E-state index contributed by atoms with van der Waals surface area (Å²) in [4.78, 5) is 15.0. The van der Waals surface area contributed by atoms with E-state index in [1.165, 1.54) is 24.4 Å². The maximum absolute atomic E-state index is 12.9. The maximum atomic E-state index is 12.9. The van der Waals surface area contributed by atoms with Crippen LogP contribution in [-0.4, -0.2) is 36.1 Å². The van der Waals surface area contributed by atoms with Crippen LogP contribution in [-0.2, 0) is 9.84 Å². The van der Waals surface area contributed by atoms with E-state index in [1.54, 1.807) is 22.7 Å². The maximum Gasteiger partial charge on any atom is 0.251 e. The minimum atomic E-state index is -3.75. The number of nitrogens with zero attached hydrogens (tertiary/aromatic N) is 2.